The molecule has 2 amide bonds. The molecule has 23 heavy (non-hydrogen) atoms. The maximum Gasteiger partial charge on any atom is 0.253 e. The lowest BCUT2D eigenvalue weighted by atomic mass is 9.96. The Morgan fingerprint density at radius 3 is 2.83 bits per heavy atom. The highest BCUT2D eigenvalue weighted by atomic mass is 35.5. The van der Waals surface area contributed by atoms with E-state index in [1.165, 1.54) is 0 Å². The van der Waals surface area contributed by atoms with Crippen molar-refractivity contribution in [2.75, 3.05) is 33.4 Å². The highest BCUT2D eigenvalue weighted by Gasteiger charge is 2.28. The average molecular weight is 359 g/mol. The van der Waals surface area contributed by atoms with Crippen molar-refractivity contribution in [3.63, 3.8) is 0 Å². The van der Waals surface area contributed by atoms with Gasteiger partial charge in [-0.05, 0) is 31.0 Å². The molecule has 1 aromatic rings. The Morgan fingerprint density at radius 1 is 1.35 bits per heavy atom. The summed E-state index contributed by atoms with van der Waals surface area (Å²) >= 11 is 11.8. The molecule has 0 saturated carbocycles. The summed E-state index contributed by atoms with van der Waals surface area (Å²) in [5.41, 5.74) is 0.486. The third kappa shape index (κ3) is 4.83. The van der Waals surface area contributed by atoms with E-state index in [9.17, 15) is 9.59 Å². The van der Waals surface area contributed by atoms with E-state index in [2.05, 4.69) is 5.32 Å². The lowest BCUT2D eigenvalue weighted by Gasteiger charge is -2.32. The number of methoxy groups -OCH3 is 1. The minimum atomic E-state index is -0.188. The van der Waals surface area contributed by atoms with Crippen molar-refractivity contribution in [1.82, 2.24) is 10.2 Å². The summed E-state index contributed by atoms with van der Waals surface area (Å²) < 4.78 is 4.92. The molecule has 0 spiro atoms. The van der Waals surface area contributed by atoms with Crippen molar-refractivity contribution in [2.45, 2.75) is 12.8 Å². The van der Waals surface area contributed by atoms with Gasteiger partial charge in [0.1, 0.15) is 0 Å². The number of amides is 2. The number of piperidine rings is 1. The van der Waals surface area contributed by atoms with E-state index < -0.39 is 0 Å². The molecule has 5 nitrogen and oxygen atoms in total. The molecule has 0 bridgehead atoms. The summed E-state index contributed by atoms with van der Waals surface area (Å²) in [7, 11) is 1.59. The molecule has 1 unspecified atom stereocenters. The van der Waals surface area contributed by atoms with Crippen LogP contribution in [0.25, 0.3) is 0 Å². The zero-order valence-electron chi connectivity index (χ0n) is 13.0. The third-order valence-corrected chi connectivity index (χ3v) is 4.59. The van der Waals surface area contributed by atoms with E-state index in [4.69, 9.17) is 27.9 Å². The van der Waals surface area contributed by atoms with Crippen LogP contribution in [-0.4, -0.2) is 50.1 Å². The van der Waals surface area contributed by atoms with Gasteiger partial charge in [0.15, 0.2) is 0 Å². The number of nitrogens with one attached hydrogen (secondary N) is 1. The summed E-state index contributed by atoms with van der Waals surface area (Å²) in [4.78, 5) is 26.4. The standard InChI is InChI=1S/C16H20Cl2N2O3/c1-23-8-6-19-15(21)12-3-2-7-20(10-12)16(22)11-4-5-13(17)14(18)9-11/h4-5,9,12H,2-3,6-8,10H2,1H3,(H,19,21). The zero-order chi connectivity index (χ0) is 16.8. The smallest absolute Gasteiger partial charge is 0.253 e. The molecule has 1 aromatic carbocycles. The number of rotatable bonds is 5. The van der Waals surface area contributed by atoms with Crippen molar-refractivity contribution in [3.05, 3.63) is 33.8 Å². The van der Waals surface area contributed by atoms with E-state index in [1.807, 2.05) is 0 Å². The maximum absolute atomic E-state index is 12.6. The molecule has 1 aliphatic rings. The SMILES string of the molecule is COCCNC(=O)C1CCCN(C(=O)c2ccc(Cl)c(Cl)c2)C1. The first kappa shape index (κ1) is 18.0. The highest BCUT2D eigenvalue weighted by Crippen LogP contribution is 2.25. The van der Waals surface area contributed by atoms with Crippen molar-refractivity contribution in [2.24, 2.45) is 5.92 Å². The summed E-state index contributed by atoms with van der Waals surface area (Å²) in [5, 5.41) is 3.59. The normalized spacial score (nSPS) is 17.9. The second-order valence-corrected chi connectivity index (χ2v) is 6.32. The fraction of sp³-hybridized carbons (Fsp3) is 0.500. The number of halogens is 2. The topological polar surface area (TPSA) is 58.6 Å². The largest absolute Gasteiger partial charge is 0.383 e. The second kappa shape index (κ2) is 8.52. The van der Waals surface area contributed by atoms with Gasteiger partial charge in [0.25, 0.3) is 5.91 Å². The Kier molecular flexibility index (Phi) is 6.69. The van der Waals surface area contributed by atoms with Crippen LogP contribution < -0.4 is 5.32 Å². The van der Waals surface area contributed by atoms with Gasteiger partial charge in [-0.25, -0.2) is 0 Å². The van der Waals surface area contributed by atoms with Gasteiger partial charge in [-0.1, -0.05) is 23.2 Å². The number of carbonyl (C=O) groups excluding carboxylic acids is 2. The van der Waals surface area contributed by atoms with Crippen molar-refractivity contribution in [3.8, 4) is 0 Å². The van der Waals surface area contributed by atoms with Crippen LogP contribution >= 0.6 is 23.2 Å². The first-order valence-corrected chi connectivity index (χ1v) is 8.29. The average Bonchev–Trinajstić information content (AvgIpc) is 2.57. The molecule has 2 rings (SSSR count). The van der Waals surface area contributed by atoms with Crippen LogP contribution in [0.2, 0.25) is 10.0 Å². The van der Waals surface area contributed by atoms with Crippen LogP contribution in [0.3, 0.4) is 0 Å². The number of likely N-dealkylation sites (tertiary alicyclic amines) is 1. The number of carbonyl (C=O) groups is 2. The molecule has 1 atom stereocenters. The molecule has 1 heterocycles. The zero-order valence-corrected chi connectivity index (χ0v) is 14.5. The van der Waals surface area contributed by atoms with Crippen molar-refractivity contribution in [1.29, 1.82) is 0 Å². The van der Waals surface area contributed by atoms with Gasteiger partial charge in [0.2, 0.25) is 5.91 Å². The van der Waals surface area contributed by atoms with Crippen LogP contribution in [0.4, 0.5) is 0 Å². The van der Waals surface area contributed by atoms with Crippen LogP contribution in [0.5, 0.6) is 0 Å². The van der Waals surface area contributed by atoms with Crippen LogP contribution in [0, 0.1) is 5.92 Å². The number of hydrogen-bond donors (Lipinski definition) is 1. The Balaban J connectivity index is 1.98. The number of benzene rings is 1. The number of hydrogen-bond acceptors (Lipinski definition) is 3. The molecule has 1 fully saturated rings. The third-order valence-electron chi connectivity index (χ3n) is 3.85. The first-order valence-electron chi connectivity index (χ1n) is 7.54. The first-order chi connectivity index (χ1) is 11.0. The minimum absolute atomic E-state index is 0.0336. The maximum atomic E-state index is 12.6. The van der Waals surface area contributed by atoms with Gasteiger partial charge in [-0.15, -0.1) is 0 Å². The highest BCUT2D eigenvalue weighted by molar-refractivity contribution is 6.42. The molecular weight excluding hydrogens is 339 g/mol. The van der Waals surface area contributed by atoms with E-state index in [0.717, 1.165) is 12.8 Å². The van der Waals surface area contributed by atoms with Gasteiger partial charge in [-0.3, -0.25) is 9.59 Å². The monoisotopic (exact) mass is 358 g/mol. The van der Waals surface area contributed by atoms with E-state index in [-0.39, 0.29) is 17.7 Å². The Bertz CT molecular complexity index is 580. The quantitative estimate of drug-likeness (QED) is 0.823. The van der Waals surface area contributed by atoms with E-state index >= 15 is 0 Å². The molecular formula is C16H20Cl2N2O3. The molecule has 1 saturated heterocycles. The summed E-state index contributed by atoms with van der Waals surface area (Å²) in [6.07, 6.45) is 1.58. The predicted molar refractivity (Wildman–Crippen MR) is 90.0 cm³/mol. The lowest BCUT2D eigenvalue weighted by molar-refractivity contribution is -0.126. The fourth-order valence-electron chi connectivity index (χ4n) is 2.61. The van der Waals surface area contributed by atoms with Crippen molar-refractivity contribution < 1.29 is 14.3 Å². The summed E-state index contributed by atoms with van der Waals surface area (Å²) in [6, 6.07) is 4.82. The van der Waals surface area contributed by atoms with Crippen LogP contribution in [-0.2, 0) is 9.53 Å². The Hall–Kier alpha value is -1.30. The molecule has 0 aliphatic carbocycles. The predicted octanol–water partition coefficient (Wildman–Crippen LogP) is 2.61. The molecule has 126 valence electrons. The molecule has 0 aromatic heterocycles. The molecule has 0 radical (unpaired) electrons. The van der Waals surface area contributed by atoms with Gasteiger partial charge < -0.3 is 15.0 Å². The fourth-order valence-corrected chi connectivity index (χ4v) is 2.91. The Labute approximate surface area is 145 Å². The van der Waals surface area contributed by atoms with Crippen LogP contribution in [0.15, 0.2) is 18.2 Å². The minimum Gasteiger partial charge on any atom is -0.383 e. The van der Waals surface area contributed by atoms with Crippen molar-refractivity contribution >= 4 is 35.0 Å². The molecule has 7 heteroatoms. The number of ether oxygens (including phenoxy) is 1. The number of nitrogens with zero attached hydrogens (tertiary/aromatic N) is 1. The van der Waals surface area contributed by atoms with Gasteiger partial charge in [-0.2, -0.15) is 0 Å². The van der Waals surface area contributed by atoms with Gasteiger partial charge >= 0.3 is 0 Å². The Morgan fingerprint density at radius 2 is 2.13 bits per heavy atom. The second-order valence-electron chi connectivity index (χ2n) is 5.50. The van der Waals surface area contributed by atoms with Gasteiger partial charge in [0, 0.05) is 32.3 Å². The molecule has 1 N–H and O–H groups in total. The van der Waals surface area contributed by atoms with E-state index in [1.54, 1.807) is 30.2 Å². The lowest BCUT2D eigenvalue weighted by Crippen LogP contribution is -2.45. The van der Waals surface area contributed by atoms with E-state index in [0.29, 0.717) is 41.8 Å². The summed E-state index contributed by atoms with van der Waals surface area (Å²) in [6.45, 7) is 2.01. The van der Waals surface area contributed by atoms with Gasteiger partial charge in [0.05, 0.1) is 22.6 Å². The molecule has 1 aliphatic heterocycles. The van der Waals surface area contributed by atoms with Crippen LogP contribution in [0.1, 0.15) is 23.2 Å². The summed E-state index contributed by atoms with van der Waals surface area (Å²) in [5.74, 6) is -0.348.